The Hall–Kier alpha value is -2.31. The molecule has 2 heterocycles. The van der Waals surface area contributed by atoms with Crippen molar-refractivity contribution in [2.45, 2.75) is 56.6 Å². The van der Waals surface area contributed by atoms with E-state index in [9.17, 15) is 9.59 Å². The molecule has 0 bridgehead atoms. The minimum atomic E-state index is -0.396. The van der Waals surface area contributed by atoms with E-state index in [1.165, 1.54) is 17.3 Å². The standard InChI is InChI=1S/C23H24ClN3O2S/c1-13(2)26-22(29)18-10-9-17(24)12-19(18)25-23(26)30-15(4)21(28)27-14(3)11-16-7-5-6-8-20(16)27/h5-10,12-15H,11H2,1-4H3. The first-order valence-electron chi connectivity index (χ1n) is 10.1. The summed E-state index contributed by atoms with van der Waals surface area (Å²) in [7, 11) is 0. The molecule has 0 N–H and O–H groups in total. The van der Waals surface area contributed by atoms with Crippen molar-refractivity contribution < 1.29 is 4.79 Å². The fraction of sp³-hybridized carbons (Fsp3) is 0.348. The molecule has 0 aliphatic carbocycles. The van der Waals surface area contributed by atoms with E-state index in [0.717, 1.165) is 12.1 Å². The van der Waals surface area contributed by atoms with Gasteiger partial charge in [0.05, 0.1) is 16.2 Å². The summed E-state index contributed by atoms with van der Waals surface area (Å²) in [6.07, 6.45) is 0.850. The Bertz CT molecular complexity index is 1190. The molecule has 1 aliphatic rings. The summed E-state index contributed by atoms with van der Waals surface area (Å²) >= 11 is 7.44. The van der Waals surface area contributed by atoms with Gasteiger partial charge in [0.1, 0.15) is 0 Å². The van der Waals surface area contributed by atoms with Gasteiger partial charge in [0.15, 0.2) is 5.16 Å². The lowest BCUT2D eigenvalue weighted by atomic mass is 10.1. The van der Waals surface area contributed by atoms with E-state index in [1.54, 1.807) is 22.8 Å². The zero-order valence-corrected chi connectivity index (χ0v) is 19.0. The molecular formula is C23H24ClN3O2S. The molecular weight excluding hydrogens is 418 g/mol. The van der Waals surface area contributed by atoms with Crippen LogP contribution in [-0.2, 0) is 11.2 Å². The van der Waals surface area contributed by atoms with Crippen molar-refractivity contribution in [2.75, 3.05) is 4.90 Å². The fourth-order valence-corrected chi connectivity index (χ4v) is 5.25. The van der Waals surface area contributed by atoms with E-state index in [4.69, 9.17) is 16.6 Å². The van der Waals surface area contributed by atoms with Crippen LogP contribution in [0, 0.1) is 0 Å². The molecule has 1 aliphatic heterocycles. The number of thioether (sulfide) groups is 1. The largest absolute Gasteiger partial charge is 0.308 e. The minimum Gasteiger partial charge on any atom is -0.308 e. The molecule has 4 rings (SSSR count). The monoisotopic (exact) mass is 441 g/mol. The number of hydrogen-bond acceptors (Lipinski definition) is 4. The number of fused-ring (bicyclic) bond motifs is 2. The summed E-state index contributed by atoms with van der Waals surface area (Å²) in [6.45, 7) is 7.83. The van der Waals surface area contributed by atoms with E-state index in [2.05, 4.69) is 13.0 Å². The van der Waals surface area contributed by atoms with Crippen molar-refractivity contribution in [3.8, 4) is 0 Å². The van der Waals surface area contributed by atoms with Crippen molar-refractivity contribution in [1.82, 2.24) is 9.55 Å². The van der Waals surface area contributed by atoms with Crippen LogP contribution in [0.5, 0.6) is 0 Å². The lowest BCUT2D eigenvalue weighted by Gasteiger charge is -2.26. The Morgan fingerprint density at radius 1 is 1.20 bits per heavy atom. The first-order chi connectivity index (χ1) is 14.3. The normalized spacial score (nSPS) is 16.9. The number of hydrogen-bond donors (Lipinski definition) is 0. The summed E-state index contributed by atoms with van der Waals surface area (Å²) < 4.78 is 1.66. The quantitative estimate of drug-likeness (QED) is 0.418. The molecule has 0 radical (unpaired) electrons. The molecule has 3 aromatic rings. The Morgan fingerprint density at radius 2 is 1.93 bits per heavy atom. The highest BCUT2D eigenvalue weighted by Gasteiger charge is 2.34. The van der Waals surface area contributed by atoms with Gasteiger partial charge in [-0.2, -0.15) is 0 Å². The van der Waals surface area contributed by atoms with E-state index in [-0.39, 0.29) is 23.6 Å². The molecule has 0 saturated carbocycles. The van der Waals surface area contributed by atoms with Crippen molar-refractivity contribution in [2.24, 2.45) is 0 Å². The highest BCUT2D eigenvalue weighted by atomic mass is 35.5. The number of anilines is 1. The van der Waals surface area contributed by atoms with Crippen molar-refractivity contribution in [1.29, 1.82) is 0 Å². The third-order valence-electron chi connectivity index (χ3n) is 5.42. The van der Waals surface area contributed by atoms with Crippen LogP contribution < -0.4 is 10.5 Å². The van der Waals surface area contributed by atoms with Crippen LogP contribution >= 0.6 is 23.4 Å². The van der Waals surface area contributed by atoms with Crippen LogP contribution in [0.1, 0.15) is 39.3 Å². The maximum Gasteiger partial charge on any atom is 0.262 e. The molecule has 1 amide bonds. The Labute approximate surface area is 185 Å². The molecule has 2 aromatic carbocycles. The van der Waals surface area contributed by atoms with Crippen LogP contribution in [0.15, 0.2) is 52.4 Å². The molecule has 2 atom stereocenters. The fourth-order valence-electron chi connectivity index (χ4n) is 4.00. The number of carbonyl (C=O) groups is 1. The summed E-state index contributed by atoms with van der Waals surface area (Å²) in [5, 5.41) is 1.19. The van der Waals surface area contributed by atoms with Gasteiger partial charge in [0.25, 0.3) is 5.56 Å². The lowest BCUT2D eigenvalue weighted by molar-refractivity contribution is -0.118. The van der Waals surface area contributed by atoms with E-state index < -0.39 is 5.25 Å². The van der Waals surface area contributed by atoms with Crippen molar-refractivity contribution in [3.63, 3.8) is 0 Å². The van der Waals surface area contributed by atoms with Crippen LogP contribution in [0.25, 0.3) is 10.9 Å². The van der Waals surface area contributed by atoms with Gasteiger partial charge in [0.2, 0.25) is 5.91 Å². The number of para-hydroxylation sites is 1. The maximum absolute atomic E-state index is 13.4. The lowest BCUT2D eigenvalue weighted by Crippen LogP contribution is -2.40. The molecule has 1 aromatic heterocycles. The summed E-state index contributed by atoms with van der Waals surface area (Å²) in [6, 6.07) is 13.1. The van der Waals surface area contributed by atoms with Gasteiger partial charge in [0, 0.05) is 22.8 Å². The molecule has 7 heteroatoms. The summed E-state index contributed by atoms with van der Waals surface area (Å²) in [5.74, 6) is 0.0215. The number of carbonyl (C=O) groups excluding carboxylic acids is 1. The van der Waals surface area contributed by atoms with Gasteiger partial charge < -0.3 is 4.90 Å². The van der Waals surface area contributed by atoms with Crippen LogP contribution in [0.4, 0.5) is 5.69 Å². The third-order valence-corrected chi connectivity index (χ3v) is 6.71. The van der Waals surface area contributed by atoms with Crippen molar-refractivity contribution >= 4 is 45.9 Å². The van der Waals surface area contributed by atoms with Gasteiger partial charge >= 0.3 is 0 Å². The second kappa shape index (κ2) is 8.08. The summed E-state index contributed by atoms with van der Waals surface area (Å²) in [4.78, 5) is 33.1. The van der Waals surface area contributed by atoms with Gasteiger partial charge in [-0.15, -0.1) is 0 Å². The molecule has 2 unspecified atom stereocenters. The van der Waals surface area contributed by atoms with Crippen molar-refractivity contribution in [3.05, 3.63) is 63.4 Å². The molecule has 0 fully saturated rings. The van der Waals surface area contributed by atoms with Gasteiger partial charge in [-0.3, -0.25) is 14.2 Å². The van der Waals surface area contributed by atoms with E-state index in [0.29, 0.717) is 21.1 Å². The zero-order valence-electron chi connectivity index (χ0n) is 17.4. The minimum absolute atomic E-state index is 0.0215. The Balaban J connectivity index is 1.71. The molecule has 0 saturated heterocycles. The second-order valence-electron chi connectivity index (χ2n) is 7.97. The average molecular weight is 442 g/mol. The topological polar surface area (TPSA) is 55.2 Å². The number of amides is 1. The molecule has 5 nitrogen and oxygen atoms in total. The van der Waals surface area contributed by atoms with Crippen LogP contribution in [0.3, 0.4) is 0 Å². The van der Waals surface area contributed by atoms with Crippen LogP contribution in [0.2, 0.25) is 5.02 Å². The van der Waals surface area contributed by atoms with E-state index in [1.807, 2.05) is 43.9 Å². The molecule has 0 spiro atoms. The zero-order chi connectivity index (χ0) is 21.6. The van der Waals surface area contributed by atoms with Gasteiger partial charge in [-0.1, -0.05) is 41.6 Å². The number of aromatic nitrogens is 2. The maximum atomic E-state index is 13.4. The number of halogens is 1. The first kappa shape index (κ1) is 20.9. The van der Waals surface area contributed by atoms with Gasteiger partial charge in [-0.05, 0) is 63.9 Å². The van der Waals surface area contributed by atoms with Gasteiger partial charge in [-0.25, -0.2) is 4.98 Å². The highest BCUT2D eigenvalue weighted by molar-refractivity contribution is 8.00. The molecule has 30 heavy (non-hydrogen) atoms. The predicted octanol–water partition coefficient (Wildman–Crippen LogP) is 5.09. The number of rotatable bonds is 4. The first-order valence-corrected chi connectivity index (χ1v) is 11.3. The Kier molecular flexibility index (Phi) is 5.64. The second-order valence-corrected chi connectivity index (χ2v) is 9.72. The SMILES string of the molecule is CC(Sc1nc2cc(Cl)ccc2c(=O)n1C(C)C)C(=O)N1c2ccccc2CC1C. The number of nitrogens with zero attached hydrogens (tertiary/aromatic N) is 3. The highest BCUT2D eigenvalue weighted by Crippen LogP contribution is 2.35. The summed E-state index contributed by atoms with van der Waals surface area (Å²) in [5.41, 5.74) is 2.59. The smallest absolute Gasteiger partial charge is 0.262 e. The van der Waals surface area contributed by atoms with Crippen LogP contribution in [-0.4, -0.2) is 26.8 Å². The average Bonchev–Trinajstić information content (AvgIpc) is 3.02. The third kappa shape index (κ3) is 3.63. The predicted molar refractivity (Wildman–Crippen MR) is 124 cm³/mol. The molecule has 156 valence electrons. The van der Waals surface area contributed by atoms with E-state index >= 15 is 0 Å². The Morgan fingerprint density at radius 3 is 2.67 bits per heavy atom. The number of benzene rings is 2.